The highest BCUT2D eigenvalue weighted by atomic mass is 28.4. The molecule has 0 heterocycles. The van der Waals surface area contributed by atoms with E-state index < -0.39 is 14.3 Å². The van der Waals surface area contributed by atoms with Gasteiger partial charge in [0.25, 0.3) is 0 Å². The van der Waals surface area contributed by atoms with E-state index in [4.69, 9.17) is 9.53 Å². The SMILES string of the molecule is CC[C@@H]1CC[C@@]2(C)[C@@H](C1)C[C@@H](O[Si](CC)(CC)CC)C1[C@@H]2C[C@H](CC)[C@]2(C)[C@@H]([C@H](C)CC/C=C/C(=O)O)CC[C@@H]12. The summed E-state index contributed by atoms with van der Waals surface area (Å²) in [5.41, 5.74) is 0.872. The lowest BCUT2D eigenvalue weighted by atomic mass is 9.41. The highest BCUT2D eigenvalue weighted by Crippen LogP contribution is 2.71. The lowest BCUT2D eigenvalue weighted by molar-refractivity contribution is -0.185. The molecule has 4 aliphatic rings. The Morgan fingerprint density at radius 3 is 2.27 bits per heavy atom. The number of rotatable bonds is 12. The third kappa shape index (κ3) is 5.68. The lowest BCUT2D eigenvalue weighted by Crippen LogP contribution is -2.62. The first-order valence-electron chi connectivity index (χ1n) is 17.6. The molecule has 230 valence electrons. The van der Waals surface area contributed by atoms with Gasteiger partial charge in [-0.1, -0.05) is 74.3 Å². The fourth-order valence-electron chi connectivity index (χ4n) is 11.6. The highest BCUT2D eigenvalue weighted by molar-refractivity contribution is 6.73. The first-order valence-corrected chi connectivity index (χ1v) is 20.1. The van der Waals surface area contributed by atoms with Gasteiger partial charge in [-0.3, -0.25) is 0 Å². The van der Waals surface area contributed by atoms with Crippen LogP contribution in [0.15, 0.2) is 12.2 Å². The number of hydrogen-bond acceptors (Lipinski definition) is 2. The molecule has 11 atom stereocenters. The van der Waals surface area contributed by atoms with E-state index in [-0.39, 0.29) is 0 Å². The fourth-order valence-corrected chi connectivity index (χ4v) is 14.5. The molecule has 0 saturated heterocycles. The predicted molar refractivity (Wildman–Crippen MR) is 171 cm³/mol. The molecule has 1 N–H and O–H groups in total. The van der Waals surface area contributed by atoms with Crippen molar-refractivity contribution < 1.29 is 14.3 Å². The van der Waals surface area contributed by atoms with Gasteiger partial charge in [-0.05, 0) is 134 Å². The number of fused-ring (bicyclic) bond motifs is 5. The number of carboxylic acids is 1. The molecule has 0 radical (unpaired) electrons. The molecule has 40 heavy (non-hydrogen) atoms. The summed E-state index contributed by atoms with van der Waals surface area (Å²) >= 11 is 0. The van der Waals surface area contributed by atoms with E-state index in [9.17, 15) is 4.79 Å². The van der Waals surface area contributed by atoms with Crippen LogP contribution in [0.3, 0.4) is 0 Å². The van der Waals surface area contributed by atoms with Crippen LogP contribution in [0.4, 0.5) is 0 Å². The van der Waals surface area contributed by atoms with Crippen LogP contribution in [0.1, 0.15) is 126 Å². The van der Waals surface area contributed by atoms with Gasteiger partial charge in [-0.2, -0.15) is 0 Å². The number of carbonyl (C=O) groups is 1. The fraction of sp³-hybridized carbons (Fsp3) is 0.917. The normalized spacial score (nSPS) is 42.3. The molecule has 3 nitrogen and oxygen atoms in total. The molecule has 0 amide bonds. The monoisotopic (exact) mass is 572 g/mol. The van der Waals surface area contributed by atoms with E-state index in [0.717, 1.165) is 54.3 Å². The molecular formula is C36H64O3Si. The average Bonchev–Trinajstić information content (AvgIpc) is 3.31. The topological polar surface area (TPSA) is 46.5 Å². The number of hydrogen-bond donors (Lipinski definition) is 1. The molecule has 0 bridgehead atoms. The van der Waals surface area contributed by atoms with E-state index in [0.29, 0.717) is 22.9 Å². The summed E-state index contributed by atoms with van der Waals surface area (Å²) in [5.74, 6) is 5.46. The number of carboxylic acid groups (broad SMARTS) is 1. The van der Waals surface area contributed by atoms with Crippen molar-refractivity contribution >= 4 is 14.3 Å². The maximum Gasteiger partial charge on any atom is 0.327 e. The van der Waals surface area contributed by atoms with Crippen molar-refractivity contribution in [3.8, 4) is 0 Å². The van der Waals surface area contributed by atoms with Crippen LogP contribution in [-0.2, 0) is 9.22 Å². The van der Waals surface area contributed by atoms with Crippen LogP contribution in [0.5, 0.6) is 0 Å². The molecule has 4 saturated carbocycles. The predicted octanol–water partition coefficient (Wildman–Crippen LogP) is 10.4. The van der Waals surface area contributed by atoms with Gasteiger partial charge in [0.1, 0.15) is 0 Å². The number of allylic oxidation sites excluding steroid dienone is 1. The third-order valence-electron chi connectivity index (χ3n) is 14.3. The van der Waals surface area contributed by atoms with Gasteiger partial charge < -0.3 is 9.53 Å². The summed E-state index contributed by atoms with van der Waals surface area (Å²) in [4.78, 5) is 11.0. The van der Waals surface area contributed by atoms with E-state index in [1.165, 1.54) is 82.0 Å². The summed E-state index contributed by atoms with van der Waals surface area (Å²) in [5, 5.41) is 9.06. The van der Waals surface area contributed by atoms with Crippen molar-refractivity contribution in [2.45, 2.75) is 150 Å². The summed E-state index contributed by atoms with van der Waals surface area (Å²) < 4.78 is 7.65. The minimum Gasteiger partial charge on any atom is -0.478 e. The lowest BCUT2D eigenvalue weighted by Gasteiger charge is -2.66. The standard InChI is InChI=1S/C36H64O3Si/c1-9-26-20-21-35(7)28(22-26)24-32(39-40(11-3,12-4)13-5)34-30-19-18-29(25(6)16-14-15-17-33(37)38)36(30,8)27(10-2)23-31(34)35/h15,17,25-32,34H,9-14,16,18-24H2,1-8H3,(H,37,38)/b17-15+/t25-,26-,27+,28+,29-,30+,31+,32-,34?,35+,36-/m1/s1. The molecular weight excluding hydrogens is 508 g/mol. The van der Waals surface area contributed by atoms with E-state index in [2.05, 4.69) is 55.4 Å². The Bertz CT molecular complexity index is 873. The van der Waals surface area contributed by atoms with Gasteiger partial charge in [0.05, 0.1) is 0 Å². The zero-order valence-corrected chi connectivity index (χ0v) is 28.5. The van der Waals surface area contributed by atoms with E-state index in [1.54, 1.807) is 0 Å². The summed E-state index contributed by atoms with van der Waals surface area (Å²) in [7, 11) is -1.71. The van der Waals surface area contributed by atoms with Crippen molar-refractivity contribution in [1.29, 1.82) is 0 Å². The first kappa shape index (κ1) is 32.3. The Balaban J connectivity index is 1.69. The molecule has 0 aliphatic heterocycles. The number of aliphatic carboxylic acids is 1. The van der Waals surface area contributed by atoms with Crippen molar-refractivity contribution in [3.63, 3.8) is 0 Å². The minimum absolute atomic E-state index is 0.381. The van der Waals surface area contributed by atoms with Crippen LogP contribution >= 0.6 is 0 Å². The smallest absolute Gasteiger partial charge is 0.327 e. The zero-order valence-electron chi connectivity index (χ0n) is 27.5. The molecule has 4 heteroatoms. The van der Waals surface area contributed by atoms with Crippen LogP contribution in [0.2, 0.25) is 18.1 Å². The Morgan fingerprint density at radius 2 is 1.68 bits per heavy atom. The van der Waals surface area contributed by atoms with Crippen molar-refractivity contribution in [1.82, 2.24) is 0 Å². The van der Waals surface area contributed by atoms with E-state index >= 15 is 0 Å². The van der Waals surface area contributed by atoms with Crippen molar-refractivity contribution in [2.24, 2.45) is 58.2 Å². The third-order valence-corrected chi connectivity index (χ3v) is 19.0. The Hall–Kier alpha value is -0.613. The summed E-state index contributed by atoms with van der Waals surface area (Å²) in [6, 6.07) is 3.78. The van der Waals surface area contributed by atoms with Crippen LogP contribution in [0, 0.1) is 58.2 Å². The van der Waals surface area contributed by atoms with Gasteiger partial charge in [0, 0.05) is 12.2 Å². The van der Waals surface area contributed by atoms with Gasteiger partial charge >= 0.3 is 5.97 Å². The molecule has 4 aliphatic carbocycles. The van der Waals surface area contributed by atoms with Crippen LogP contribution in [0.25, 0.3) is 0 Å². The Morgan fingerprint density at radius 1 is 0.975 bits per heavy atom. The highest BCUT2D eigenvalue weighted by Gasteiger charge is 2.66. The second kappa shape index (κ2) is 12.9. The molecule has 0 aromatic rings. The quantitative estimate of drug-likeness (QED) is 0.187. The van der Waals surface area contributed by atoms with Crippen molar-refractivity contribution in [3.05, 3.63) is 12.2 Å². The molecule has 4 rings (SSSR count). The first-order chi connectivity index (χ1) is 19.0. The second-order valence-corrected chi connectivity index (χ2v) is 20.1. The zero-order chi connectivity index (χ0) is 29.3. The van der Waals surface area contributed by atoms with Crippen LogP contribution in [-0.4, -0.2) is 25.5 Å². The molecule has 1 unspecified atom stereocenters. The van der Waals surface area contributed by atoms with Gasteiger partial charge in [-0.15, -0.1) is 0 Å². The Kier molecular flexibility index (Phi) is 10.5. The second-order valence-electron chi connectivity index (χ2n) is 15.4. The maximum atomic E-state index is 11.0. The van der Waals surface area contributed by atoms with Gasteiger partial charge in [-0.25, -0.2) is 4.79 Å². The van der Waals surface area contributed by atoms with Gasteiger partial charge in [0.2, 0.25) is 0 Å². The molecule has 0 spiro atoms. The van der Waals surface area contributed by atoms with Gasteiger partial charge in [0.15, 0.2) is 8.32 Å². The van der Waals surface area contributed by atoms with Crippen molar-refractivity contribution in [2.75, 3.05) is 0 Å². The minimum atomic E-state index is -1.71. The average molecular weight is 573 g/mol. The largest absolute Gasteiger partial charge is 0.478 e. The Labute approximate surface area is 248 Å². The van der Waals surface area contributed by atoms with Crippen LogP contribution < -0.4 is 0 Å². The summed E-state index contributed by atoms with van der Waals surface area (Å²) in [6.45, 7) is 20.1. The molecule has 0 aromatic carbocycles. The van der Waals surface area contributed by atoms with E-state index in [1.807, 2.05) is 6.08 Å². The maximum absolute atomic E-state index is 11.0. The molecule has 4 fully saturated rings. The molecule has 0 aromatic heterocycles. The summed E-state index contributed by atoms with van der Waals surface area (Å²) in [6.07, 6.45) is 18.1.